The fraction of sp³-hybridized carbons (Fsp3) is 0.500. The normalized spacial score (nSPS) is 32.8. The maximum absolute atomic E-state index is 12.3. The molecule has 5 nitrogen and oxygen atoms in total. The molecule has 1 aliphatic carbocycles. The highest BCUT2D eigenvalue weighted by atomic mass is 16.3. The molecule has 1 aromatic heterocycles. The van der Waals surface area contributed by atoms with E-state index in [1.807, 2.05) is 0 Å². The van der Waals surface area contributed by atoms with Crippen LogP contribution in [0.5, 0.6) is 0 Å². The van der Waals surface area contributed by atoms with Gasteiger partial charge in [-0.25, -0.2) is 0 Å². The zero-order valence-corrected chi connectivity index (χ0v) is 12.4. The van der Waals surface area contributed by atoms with E-state index in [4.69, 9.17) is 0 Å². The van der Waals surface area contributed by atoms with Gasteiger partial charge in [0.1, 0.15) is 17.3 Å². The quantitative estimate of drug-likeness (QED) is 0.848. The molecular formula is C16H19NO4. The highest BCUT2D eigenvalue weighted by Crippen LogP contribution is 2.46. The number of carbonyl (C=O) groups excluding carboxylic acids is 3. The molecule has 5 heteroatoms. The standard InChI is InChI=1S/C16H19NO4/c1-9(18)13-12(20)7-16(3,21)15(10(2)19)14(13)11-5-4-6-17-8-11/h4-6,8,13-15,21H,7H2,1-3H3/t13-,14+,15+,16+/m1/s1. The van der Waals surface area contributed by atoms with E-state index in [1.165, 1.54) is 20.8 Å². The summed E-state index contributed by atoms with van der Waals surface area (Å²) in [5.41, 5.74) is -0.818. The van der Waals surface area contributed by atoms with Crippen molar-refractivity contribution in [1.29, 1.82) is 0 Å². The lowest BCUT2D eigenvalue weighted by atomic mass is 9.60. The van der Waals surface area contributed by atoms with E-state index in [9.17, 15) is 19.5 Å². The molecule has 112 valence electrons. The average Bonchev–Trinajstić information content (AvgIpc) is 2.36. The van der Waals surface area contributed by atoms with Crippen molar-refractivity contribution in [1.82, 2.24) is 4.98 Å². The Morgan fingerprint density at radius 1 is 1.33 bits per heavy atom. The number of hydrogen-bond acceptors (Lipinski definition) is 5. The van der Waals surface area contributed by atoms with Gasteiger partial charge in [-0.1, -0.05) is 6.07 Å². The molecule has 0 radical (unpaired) electrons. The zero-order valence-electron chi connectivity index (χ0n) is 12.4. The minimum atomic E-state index is -1.45. The predicted molar refractivity (Wildman–Crippen MR) is 75.6 cm³/mol. The molecule has 0 saturated heterocycles. The van der Waals surface area contributed by atoms with Crippen LogP contribution in [-0.4, -0.2) is 33.0 Å². The van der Waals surface area contributed by atoms with Crippen LogP contribution < -0.4 is 0 Å². The van der Waals surface area contributed by atoms with E-state index in [-0.39, 0.29) is 23.8 Å². The molecule has 0 spiro atoms. The van der Waals surface area contributed by atoms with E-state index in [1.54, 1.807) is 24.5 Å². The molecule has 4 atom stereocenters. The number of pyridine rings is 1. The van der Waals surface area contributed by atoms with Crippen molar-refractivity contribution < 1.29 is 19.5 Å². The molecule has 0 bridgehead atoms. The Morgan fingerprint density at radius 2 is 2.00 bits per heavy atom. The van der Waals surface area contributed by atoms with Gasteiger partial charge in [0, 0.05) is 24.7 Å². The van der Waals surface area contributed by atoms with Gasteiger partial charge in [-0.2, -0.15) is 0 Å². The third kappa shape index (κ3) is 2.78. The van der Waals surface area contributed by atoms with Crippen LogP contribution >= 0.6 is 0 Å². The first-order valence-electron chi connectivity index (χ1n) is 6.91. The third-order valence-corrected chi connectivity index (χ3v) is 4.21. The van der Waals surface area contributed by atoms with Crippen LogP contribution in [0.2, 0.25) is 0 Å². The minimum Gasteiger partial charge on any atom is -0.389 e. The lowest BCUT2D eigenvalue weighted by Gasteiger charge is -2.44. The van der Waals surface area contributed by atoms with E-state index < -0.39 is 23.4 Å². The average molecular weight is 289 g/mol. The summed E-state index contributed by atoms with van der Waals surface area (Å²) in [6.07, 6.45) is 2.95. The Bertz CT molecular complexity index is 579. The Morgan fingerprint density at radius 3 is 2.48 bits per heavy atom. The molecular weight excluding hydrogens is 270 g/mol. The van der Waals surface area contributed by atoms with Crippen LogP contribution in [0.1, 0.15) is 38.7 Å². The second-order valence-corrected chi connectivity index (χ2v) is 5.99. The van der Waals surface area contributed by atoms with E-state index in [0.29, 0.717) is 5.56 Å². The number of aliphatic hydroxyl groups is 1. The minimum absolute atomic E-state index is 0.182. The monoisotopic (exact) mass is 289 g/mol. The first-order chi connectivity index (χ1) is 9.75. The van der Waals surface area contributed by atoms with E-state index in [2.05, 4.69) is 4.98 Å². The van der Waals surface area contributed by atoms with Crippen molar-refractivity contribution in [3.63, 3.8) is 0 Å². The summed E-state index contributed by atoms with van der Waals surface area (Å²) in [4.78, 5) is 40.3. The molecule has 0 aromatic carbocycles. The van der Waals surface area contributed by atoms with E-state index >= 15 is 0 Å². The number of carbonyl (C=O) groups is 3. The van der Waals surface area contributed by atoms with Crippen molar-refractivity contribution in [2.45, 2.75) is 38.7 Å². The molecule has 0 unspecified atom stereocenters. The first-order valence-corrected chi connectivity index (χ1v) is 6.91. The van der Waals surface area contributed by atoms with Crippen molar-refractivity contribution in [2.75, 3.05) is 0 Å². The molecule has 1 aromatic rings. The molecule has 21 heavy (non-hydrogen) atoms. The van der Waals surface area contributed by atoms with Crippen LogP contribution in [0, 0.1) is 11.8 Å². The van der Waals surface area contributed by atoms with Crippen LogP contribution in [0.4, 0.5) is 0 Å². The summed E-state index contributed by atoms with van der Waals surface area (Å²) < 4.78 is 0. The summed E-state index contributed by atoms with van der Waals surface area (Å²) >= 11 is 0. The fourth-order valence-electron chi connectivity index (χ4n) is 3.48. The number of ketones is 3. The lowest BCUT2D eigenvalue weighted by Crippen LogP contribution is -2.53. The van der Waals surface area contributed by atoms with Gasteiger partial charge in [-0.15, -0.1) is 0 Å². The molecule has 2 rings (SSSR count). The highest BCUT2D eigenvalue weighted by molar-refractivity contribution is 6.05. The second-order valence-electron chi connectivity index (χ2n) is 5.99. The maximum Gasteiger partial charge on any atom is 0.146 e. The third-order valence-electron chi connectivity index (χ3n) is 4.21. The Balaban J connectivity index is 2.61. The predicted octanol–water partition coefficient (Wildman–Crippen LogP) is 1.30. The van der Waals surface area contributed by atoms with Gasteiger partial charge in [-0.3, -0.25) is 19.4 Å². The largest absolute Gasteiger partial charge is 0.389 e. The van der Waals surface area contributed by atoms with E-state index in [0.717, 1.165) is 0 Å². The number of Topliss-reactive ketones (excluding diaryl/α,β-unsaturated/α-hetero) is 3. The van der Waals surface area contributed by atoms with Crippen LogP contribution in [0.25, 0.3) is 0 Å². The fourth-order valence-corrected chi connectivity index (χ4v) is 3.48. The molecule has 1 fully saturated rings. The second kappa shape index (κ2) is 5.48. The van der Waals surface area contributed by atoms with Crippen LogP contribution in [-0.2, 0) is 14.4 Å². The maximum atomic E-state index is 12.3. The summed E-state index contributed by atoms with van der Waals surface area (Å²) in [7, 11) is 0. The summed E-state index contributed by atoms with van der Waals surface area (Å²) in [5, 5.41) is 10.5. The molecule has 1 saturated carbocycles. The number of nitrogens with zero attached hydrogens (tertiary/aromatic N) is 1. The summed E-state index contributed by atoms with van der Waals surface area (Å²) in [5.74, 6) is -3.19. The van der Waals surface area contributed by atoms with Gasteiger partial charge in [0.2, 0.25) is 0 Å². The van der Waals surface area contributed by atoms with Crippen LogP contribution in [0.3, 0.4) is 0 Å². The van der Waals surface area contributed by atoms with Crippen molar-refractivity contribution in [3.8, 4) is 0 Å². The first kappa shape index (κ1) is 15.5. The Kier molecular flexibility index (Phi) is 4.05. The summed E-state index contributed by atoms with van der Waals surface area (Å²) in [6.45, 7) is 4.22. The van der Waals surface area contributed by atoms with Gasteiger partial charge < -0.3 is 5.11 Å². The Hall–Kier alpha value is -1.88. The van der Waals surface area contributed by atoms with Crippen molar-refractivity contribution >= 4 is 17.3 Å². The van der Waals surface area contributed by atoms with Gasteiger partial charge in [0.15, 0.2) is 0 Å². The van der Waals surface area contributed by atoms with Crippen molar-refractivity contribution in [2.24, 2.45) is 11.8 Å². The SMILES string of the molecule is CC(=O)[C@@H]1C(=O)C[C@](C)(O)[C@@H](C(C)=O)[C@H]1c1cccnc1. The van der Waals surface area contributed by atoms with Gasteiger partial charge in [0.25, 0.3) is 0 Å². The van der Waals surface area contributed by atoms with Gasteiger partial charge >= 0.3 is 0 Å². The smallest absolute Gasteiger partial charge is 0.146 e. The molecule has 0 aliphatic heterocycles. The molecule has 1 aliphatic rings. The lowest BCUT2D eigenvalue weighted by molar-refractivity contribution is -0.151. The van der Waals surface area contributed by atoms with Crippen LogP contribution in [0.15, 0.2) is 24.5 Å². The molecule has 1 heterocycles. The zero-order chi connectivity index (χ0) is 15.8. The number of hydrogen-bond donors (Lipinski definition) is 1. The Labute approximate surface area is 123 Å². The molecule has 0 amide bonds. The summed E-state index contributed by atoms with van der Waals surface area (Å²) in [6, 6.07) is 3.43. The van der Waals surface area contributed by atoms with Crippen molar-refractivity contribution in [3.05, 3.63) is 30.1 Å². The number of aromatic nitrogens is 1. The highest BCUT2D eigenvalue weighted by Gasteiger charge is 2.53. The topological polar surface area (TPSA) is 84.3 Å². The van der Waals surface area contributed by atoms with Gasteiger partial charge in [-0.05, 0) is 32.4 Å². The number of rotatable bonds is 3. The van der Waals surface area contributed by atoms with Gasteiger partial charge in [0.05, 0.1) is 17.4 Å². The molecule has 1 N–H and O–H groups in total.